The maximum atomic E-state index is 14.0. The molecule has 2 heterocycles. The molecule has 190 valence electrons. The average molecular weight is 530 g/mol. The third-order valence-corrected chi connectivity index (χ3v) is 8.53. The summed E-state index contributed by atoms with van der Waals surface area (Å²) >= 11 is 0. The largest absolute Gasteiger partial charge is 0.306 e. The normalized spacial score (nSPS) is 19.3. The number of nitrogens with zero attached hydrogens (tertiary/aromatic N) is 2. The highest BCUT2D eigenvalue weighted by atomic mass is 35.5. The van der Waals surface area contributed by atoms with Crippen molar-refractivity contribution >= 4 is 39.7 Å². The van der Waals surface area contributed by atoms with Crippen LogP contribution in [0, 0.1) is 19.7 Å². The molecule has 5 rings (SSSR count). The molecular weight excluding hydrogens is 501 g/mol. The predicted molar refractivity (Wildman–Crippen MR) is 142 cm³/mol. The van der Waals surface area contributed by atoms with Crippen LogP contribution < -0.4 is 9.62 Å². The number of carbonyl (C=O) groups is 1. The van der Waals surface area contributed by atoms with Crippen LogP contribution in [0.4, 0.5) is 15.8 Å². The Morgan fingerprint density at radius 3 is 2.56 bits per heavy atom. The van der Waals surface area contributed by atoms with Crippen LogP contribution in [0.3, 0.4) is 0 Å². The van der Waals surface area contributed by atoms with Gasteiger partial charge in [-0.1, -0.05) is 29.8 Å². The van der Waals surface area contributed by atoms with Crippen molar-refractivity contribution < 1.29 is 17.6 Å². The van der Waals surface area contributed by atoms with Crippen molar-refractivity contribution in [3.63, 3.8) is 0 Å². The number of benzene rings is 3. The number of nitrogens with one attached hydrogen (secondary N) is 1. The maximum absolute atomic E-state index is 14.0. The number of sulfonamides is 1. The fourth-order valence-electron chi connectivity index (χ4n) is 5.35. The number of fused-ring (bicyclic) bond motifs is 3. The molecule has 0 radical (unpaired) electrons. The molecule has 2 aliphatic rings. The fraction of sp³-hybridized carbons (Fsp3) is 0.296. The molecule has 3 aromatic carbocycles. The average Bonchev–Trinajstić information content (AvgIpc) is 3.11. The van der Waals surface area contributed by atoms with Crippen molar-refractivity contribution in [3.05, 3.63) is 88.7 Å². The summed E-state index contributed by atoms with van der Waals surface area (Å²) in [5.41, 5.74) is 3.97. The van der Waals surface area contributed by atoms with Crippen LogP contribution in [0.25, 0.3) is 0 Å². The topological polar surface area (TPSA) is 69.7 Å². The van der Waals surface area contributed by atoms with E-state index in [2.05, 4.69) is 22.7 Å². The van der Waals surface area contributed by atoms with Crippen LogP contribution in [0.2, 0.25) is 0 Å². The van der Waals surface area contributed by atoms with E-state index in [1.165, 1.54) is 19.1 Å². The van der Waals surface area contributed by atoms with Gasteiger partial charge in [0.15, 0.2) is 0 Å². The van der Waals surface area contributed by atoms with Gasteiger partial charge in [0, 0.05) is 24.2 Å². The first-order valence-corrected chi connectivity index (χ1v) is 13.1. The van der Waals surface area contributed by atoms with Crippen molar-refractivity contribution in [1.82, 2.24) is 4.90 Å². The number of rotatable bonds is 4. The highest BCUT2D eigenvalue weighted by molar-refractivity contribution is 7.92. The Morgan fingerprint density at radius 2 is 1.81 bits per heavy atom. The first kappa shape index (κ1) is 26.1. The molecule has 1 saturated heterocycles. The standard InChI is InChI=1S/C27H28FN3O3S.ClH/c1-17-8-10-24-21(14-17)22-16-30(3)13-12-25(22)31(24)27(32)20-6-4-5-7-23(20)29-35(33,34)26-11-9-19(28)15-18(26)2;/h4-11,14-15,22,25,29H,12-13,16H2,1-3H3;1H. The third kappa shape index (κ3) is 4.61. The van der Waals surface area contributed by atoms with Crippen LogP contribution in [0.15, 0.2) is 65.6 Å². The van der Waals surface area contributed by atoms with Gasteiger partial charge >= 0.3 is 0 Å². The van der Waals surface area contributed by atoms with Crippen LogP contribution in [-0.2, 0) is 10.0 Å². The van der Waals surface area contributed by atoms with Gasteiger partial charge in [0.25, 0.3) is 15.9 Å². The number of likely N-dealkylation sites (N-methyl/N-ethyl adjacent to an activating group) is 1. The van der Waals surface area contributed by atoms with E-state index in [9.17, 15) is 17.6 Å². The highest BCUT2D eigenvalue weighted by Gasteiger charge is 2.44. The summed E-state index contributed by atoms with van der Waals surface area (Å²) in [4.78, 5) is 18.1. The Kier molecular flexibility index (Phi) is 7.14. The van der Waals surface area contributed by atoms with E-state index in [1.807, 2.05) is 24.0 Å². The third-order valence-electron chi connectivity index (χ3n) is 7.00. The molecule has 2 unspecified atom stereocenters. The molecule has 0 aliphatic carbocycles. The van der Waals surface area contributed by atoms with Gasteiger partial charge in [0.1, 0.15) is 5.82 Å². The lowest BCUT2D eigenvalue weighted by Crippen LogP contribution is -2.47. The van der Waals surface area contributed by atoms with Crippen molar-refractivity contribution in [2.24, 2.45) is 0 Å². The molecule has 1 N–H and O–H groups in total. The van der Waals surface area contributed by atoms with Crippen molar-refractivity contribution in [1.29, 1.82) is 0 Å². The Balaban J connectivity index is 0.00000304. The Hall–Kier alpha value is -2.94. The Morgan fingerprint density at radius 1 is 1.06 bits per heavy atom. The molecular formula is C27H29ClFN3O3S. The quantitative estimate of drug-likeness (QED) is 0.509. The zero-order chi connectivity index (χ0) is 24.9. The second-order valence-electron chi connectivity index (χ2n) is 9.52. The molecule has 0 saturated carbocycles. The summed E-state index contributed by atoms with van der Waals surface area (Å²) < 4.78 is 42.4. The minimum absolute atomic E-state index is 0. The van der Waals surface area contributed by atoms with Gasteiger partial charge in [-0.3, -0.25) is 9.52 Å². The minimum atomic E-state index is -4.03. The number of halogens is 2. The Bertz CT molecular complexity index is 1430. The molecule has 6 nitrogen and oxygen atoms in total. The molecule has 36 heavy (non-hydrogen) atoms. The summed E-state index contributed by atoms with van der Waals surface area (Å²) in [6.07, 6.45) is 0.837. The number of likely N-dealkylation sites (tertiary alicyclic amines) is 1. The second-order valence-corrected chi connectivity index (χ2v) is 11.2. The number of hydrogen-bond donors (Lipinski definition) is 1. The van der Waals surface area contributed by atoms with Gasteiger partial charge in [-0.15, -0.1) is 12.4 Å². The van der Waals surface area contributed by atoms with Crippen molar-refractivity contribution in [2.75, 3.05) is 29.8 Å². The van der Waals surface area contributed by atoms with Gasteiger partial charge in [-0.2, -0.15) is 0 Å². The van der Waals surface area contributed by atoms with E-state index in [-0.39, 0.29) is 46.4 Å². The van der Waals surface area contributed by atoms with Crippen LogP contribution in [0.1, 0.15) is 39.4 Å². The first-order valence-electron chi connectivity index (χ1n) is 11.7. The number of anilines is 2. The minimum Gasteiger partial charge on any atom is -0.306 e. The van der Waals surface area contributed by atoms with E-state index < -0.39 is 15.8 Å². The predicted octanol–water partition coefficient (Wildman–Crippen LogP) is 5.11. The summed E-state index contributed by atoms with van der Waals surface area (Å²) in [5.74, 6) is -0.535. The molecule has 3 aromatic rings. The fourth-order valence-corrected chi connectivity index (χ4v) is 6.66. The highest BCUT2D eigenvalue weighted by Crippen LogP contribution is 2.46. The lowest BCUT2D eigenvalue weighted by molar-refractivity contribution is 0.0965. The van der Waals surface area contributed by atoms with Gasteiger partial charge < -0.3 is 9.80 Å². The zero-order valence-electron chi connectivity index (χ0n) is 20.4. The van der Waals surface area contributed by atoms with Gasteiger partial charge in [-0.25, -0.2) is 12.8 Å². The number of aryl methyl sites for hydroxylation is 2. The molecule has 0 spiro atoms. The summed E-state index contributed by atoms with van der Waals surface area (Å²) in [5, 5.41) is 0. The molecule has 1 fully saturated rings. The zero-order valence-corrected chi connectivity index (χ0v) is 22.0. The molecule has 2 aliphatic heterocycles. The van der Waals surface area contributed by atoms with Crippen LogP contribution in [0.5, 0.6) is 0 Å². The van der Waals surface area contributed by atoms with Gasteiger partial charge in [-0.05, 0) is 81.4 Å². The SMILES string of the molecule is Cc1ccc2c(c1)C1CN(C)CCC1N2C(=O)c1ccccc1NS(=O)(=O)c1ccc(F)cc1C.Cl. The van der Waals surface area contributed by atoms with Gasteiger partial charge in [0.2, 0.25) is 0 Å². The molecule has 0 aromatic heterocycles. The number of amides is 1. The number of piperidine rings is 1. The summed E-state index contributed by atoms with van der Waals surface area (Å²) in [6.45, 7) is 5.34. The Labute approximate surface area is 217 Å². The second kappa shape index (κ2) is 9.84. The number of carbonyl (C=O) groups excluding carboxylic acids is 1. The van der Waals surface area contributed by atoms with Gasteiger partial charge in [0.05, 0.1) is 16.1 Å². The van der Waals surface area contributed by atoms with Crippen molar-refractivity contribution in [3.8, 4) is 0 Å². The van der Waals surface area contributed by atoms with E-state index in [0.717, 1.165) is 42.4 Å². The molecule has 2 atom stereocenters. The van der Waals surface area contributed by atoms with E-state index in [4.69, 9.17) is 0 Å². The lowest BCUT2D eigenvalue weighted by Gasteiger charge is -2.36. The monoisotopic (exact) mass is 529 g/mol. The summed E-state index contributed by atoms with van der Waals surface area (Å²) in [7, 11) is -1.94. The summed E-state index contributed by atoms with van der Waals surface area (Å²) in [6, 6.07) is 16.3. The number of hydrogen-bond acceptors (Lipinski definition) is 4. The van der Waals surface area contributed by atoms with Crippen LogP contribution in [-0.4, -0.2) is 45.4 Å². The van der Waals surface area contributed by atoms with Crippen molar-refractivity contribution in [2.45, 2.75) is 37.1 Å². The maximum Gasteiger partial charge on any atom is 0.262 e. The van der Waals surface area contributed by atoms with E-state index in [1.54, 1.807) is 24.3 Å². The van der Waals surface area contributed by atoms with Crippen LogP contribution >= 0.6 is 12.4 Å². The lowest BCUT2D eigenvalue weighted by atomic mass is 9.88. The first-order chi connectivity index (χ1) is 16.7. The molecule has 0 bridgehead atoms. The van der Waals surface area contributed by atoms with E-state index in [0.29, 0.717) is 5.56 Å². The van der Waals surface area contributed by atoms with E-state index >= 15 is 0 Å². The smallest absolute Gasteiger partial charge is 0.262 e. The molecule has 1 amide bonds. The number of para-hydroxylation sites is 1. The molecule has 9 heteroatoms.